The minimum atomic E-state index is -1.97. The molecule has 3 atom stereocenters. The van der Waals surface area contributed by atoms with E-state index in [0.717, 1.165) is 0 Å². The number of ether oxygens (including phenoxy) is 1. The molecule has 2 rings (SSSR count). The van der Waals surface area contributed by atoms with Crippen molar-refractivity contribution in [2.24, 2.45) is 0 Å². The number of nitrogens with one attached hydrogen (secondary N) is 1. The number of H-pyrrole nitrogens is 1. The largest absolute Gasteiger partial charge is 0.469 e. The number of aromatic amines is 1. The Morgan fingerprint density at radius 2 is 2.18 bits per heavy atom. The Morgan fingerprint density at radius 1 is 1.53 bits per heavy atom. The Bertz CT molecular complexity index is 579. The average Bonchev–Trinajstić information content (AvgIpc) is 2.51. The summed E-state index contributed by atoms with van der Waals surface area (Å²) in [4.78, 5) is 23.7. The molecule has 1 aliphatic rings. The zero-order chi connectivity index (χ0) is 12.7. The van der Waals surface area contributed by atoms with E-state index in [0.29, 0.717) is 10.8 Å². The molecule has 17 heavy (non-hydrogen) atoms. The third-order valence-corrected chi connectivity index (χ3v) is 2.37. The molecule has 0 unspecified atom stereocenters. The second-order valence-electron chi connectivity index (χ2n) is 3.51. The third-order valence-electron chi connectivity index (χ3n) is 2.37. The molecule has 6 nitrogen and oxygen atoms in total. The molecule has 2 N–H and O–H groups in total. The van der Waals surface area contributed by atoms with Crippen LogP contribution in [0.3, 0.4) is 0 Å². The Morgan fingerprint density at radius 3 is 2.71 bits per heavy atom. The van der Waals surface area contributed by atoms with E-state index < -0.39 is 35.6 Å². The van der Waals surface area contributed by atoms with E-state index in [2.05, 4.69) is 6.58 Å². The molecule has 0 radical (unpaired) electrons. The monoisotopic (exact) mass is 246 g/mol. The van der Waals surface area contributed by atoms with Gasteiger partial charge in [0.15, 0.2) is 6.17 Å². The highest BCUT2D eigenvalue weighted by Gasteiger charge is 2.42. The lowest BCUT2D eigenvalue weighted by Gasteiger charge is -2.14. The van der Waals surface area contributed by atoms with E-state index in [4.69, 9.17) is 4.74 Å². The van der Waals surface area contributed by atoms with Crippen LogP contribution in [0.25, 0.3) is 0 Å². The van der Waals surface area contributed by atoms with Crippen LogP contribution in [0.4, 0.5) is 8.78 Å². The second kappa shape index (κ2) is 3.81. The predicted molar refractivity (Wildman–Crippen MR) is 51.4 cm³/mol. The highest BCUT2D eigenvalue weighted by atomic mass is 19.1. The lowest BCUT2D eigenvalue weighted by Crippen LogP contribution is -2.37. The van der Waals surface area contributed by atoms with Gasteiger partial charge in [-0.15, -0.1) is 0 Å². The minimum Gasteiger partial charge on any atom is -0.469 e. The number of aromatic nitrogens is 2. The van der Waals surface area contributed by atoms with Crippen molar-refractivity contribution in [1.29, 1.82) is 0 Å². The zero-order valence-electron chi connectivity index (χ0n) is 8.39. The normalized spacial score (nSPS) is 28.2. The summed E-state index contributed by atoms with van der Waals surface area (Å²) in [5.41, 5.74) is -2.25. The van der Waals surface area contributed by atoms with Gasteiger partial charge in [0.2, 0.25) is 12.0 Å². The molecule has 1 aromatic rings. The van der Waals surface area contributed by atoms with Gasteiger partial charge in [0.05, 0.1) is 6.20 Å². The Balaban J connectivity index is 2.49. The molecule has 0 saturated carbocycles. The van der Waals surface area contributed by atoms with E-state index in [-0.39, 0.29) is 5.76 Å². The summed E-state index contributed by atoms with van der Waals surface area (Å²) in [5.74, 6) is -1.52. The number of alkyl halides is 1. The highest BCUT2D eigenvalue weighted by Crippen LogP contribution is 2.32. The first kappa shape index (κ1) is 11.5. The molecule has 0 aromatic carbocycles. The van der Waals surface area contributed by atoms with Crippen molar-refractivity contribution >= 4 is 0 Å². The fourth-order valence-electron chi connectivity index (χ4n) is 1.48. The Labute approximate surface area is 92.8 Å². The van der Waals surface area contributed by atoms with Crippen LogP contribution in [0.15, 0.2) is 28.1 Å². The lowest BCUT2D eigenvalue weighted by molar-refractivity contribution is 0.0333. The molecular formula is C9H8F2N2O4. The van der Waals surface area contributed by atoms with Gasteiger partial charge in [0.1, 0.15) is 11.9 Å². The molecule has 8 heteroatoms. The molecular weight excluding hydrogens is 238 g/mol. The summed E-state index contributed by atoms with van der Waals surface area (Å²) in [6, 6.07) is 0. The summed E-state index contributed by atoms with van der Waals surface area (Å²) < 4.78 is 31.8. The molecule has 1 saturated heterocycles. The fraction of sp³-hybridized carbons (Fsp3) is 0.333. The zero-order valence-corrected chi connectivity index (χ0v) is 8.39. The van der Waals surface area contributed by atoms with Crippen molar-refractivity contribution in [2.45, 2.75) is 18.5 Å². The van der Waals surface area contributed by atoms with E-state index in [9.17, 15) is 23.5 Å². The van der Waals surface area contributed by atoms with Gasteiger partial charge in [-0.25, -0.2) is 9.18 Å². The lowest BCUT2D eigenvalue weighted by atomic mass is 10.2. The maximum Gasteiger partial charge on any atom is 0.331 e. The number of hydrogen-bond donors (Lipinski definition) is 2. The van der Waals surface area contributed by atoms with Gasteiger partial charge >= 0.3 is 5.69 Å². The molecule has 0 bridgehead atoms. The number of aliphatic hydroxyl groups is 1. The first-order valence-electron chi connectivity index (χ1n) is 4.60. The first-order valence-corrected chi connectivity index (χ1v) is 4.60. The molecule has 92 valence electrons. The van der Waals surface area contributed by atoms with Crippen molar-refractivity contribution in [1.82, 2.24) is 9.55 Å². The number of aliphatic hydroxyl groups excluding tert-OH is 1. The van der Waals surface area contributed by atoms with Gasteiger partial charge < -0.3 is 9.84 Å². The summed E-state index contributed by atoms with van der Waals surface area (Å²) >= 11 is 0. The van der Waals surface area contributed by atoms with Crippen molar-refractivity contribution < 1.29 is 18.6 Å². The van der Waals surface area contributed by atoms with Crippen LogP contribution in [-0.4, -0.2) is 26.9 Å². The minimum absolute atomic E-state index is 0.263. The predicted octanol–water partition coefficient (Wildman–Crippen LogP) is -0.583. The fourth-order valence-corrected chi connectivity index (χ4v) is 1.48. The van der Waals surface area contributed by atoms with Crippen molar-refractivity contribution in [3.8, 4) is 0 Å². The van der Waals surface area contributed by atoms with Crippen LogP contribution < -0.4 is 11.2 Å². The highest BCUT2D eigenvalue weighted by molar-refractivity contribution is 5.05. The van der Waals surface area contributed by atoms with Crippen LogP contribution >= 0.6 is 0 Å². The first-order chi connectivity index (χ1) is 7.91. The summed E-state index contributed by atoms with van der Waals surface area (Å²) in [7, 11) is 0. The maximum atomic E-state index is 13.5. The van der Waals surface area contributed by atoms with Gasteiger partial charge in [-0.05, 0) is 0 Å². The molecule has 0 amide bonds. The topological polar surface area (TPSA) is 84.3 Å². The van der Waals surface area contributed by atoms with Gasteiger partial charge in [-0.2, -0.15) is 4.39 Å². The van der Waals surface area contributed by atoms with Crippen LogP contribution in [0.1, 0.15) is 6.23 Å². The van der Waals surface area contributed by atoms with E-state index in [1.807, 2.05) is 0 Å². The Hall–Kier alpha value is -1.96. The summed E-state index contributed by atoms with van der Waals surface area (Å²) in [6.07, 6.45) is -4.59. The smallest absolute Gasteiger partial charge is 0.331 e. The summed E-state index contributed by atoms with van der Waals surface area (Å²) in [5, 5.41) is 9.23. The third kappa shape index (κ3) is 1.76. The van der Waals surface area contributed by atoms with Gasteiger partial charge in [0.25, 0.3) is 5.56 Å². The van der Waals surface area contributed by atoms with Gasteiger partial charge in [-0.1, -0.05) is 6.58 Å². The second-order valence-corrected chi connectivity index (χ2v) is 3.51. The van der Waals surface area contributed by atoms with Crippen molar-refractivity contribution in [3.63, 3.8) is 0 Å². The average molecular weight is 246 g/mol. The van der Waals surface area contributed by atoms with Crippen LogP contribution in [0.5, 0.6) is 0 Å². The molecule has 0 aliphatic carbocycles. The van der Waals surface area contributed by atoms with Crippen molar-refractivity contribution in [2.75, 3.05) is 0 Å². The number of rotatable bonds is 1. The molecule has 1 aliphatic heterocycles. The van der Waals surface area contributed by atoms with E-state index in [1.165, 1.54) is 0 Å². The molecule has 0 spiro atoms. The van der Waals surface area contributed by atoms with Crippen LogP contribution in [0, 0.1) is 5.82 Å². The quantitative estimate of drug-likeness (QED) is 0.694. The van der Waals surface area contributed by atoms with Crippen LogP contribution in [0.2, 0.25) is 0 Å². The molecule has 2 heterocycles. The van der Waals surface area contributed by atoms with Gasteiger partial charge in [0, 0.05) is 0 Å². The Kier molecular flexibility index (Phi) is 2.58. The van der Waals surface area contributed by atoms with Crippen LogP contribution in [-0.2, 0) is 4.74 Å². The molecule has 1 fully saturated rings. The SMILES string of the molecule is C=C1O[C@@H](n2cc(F)c(=O)[nH]c2=O)[C@@H](F)[C@@H]1O. The van der Waals surface area contributed by atoms with E-state index in [1.54, 1.807) is 4.98 Å². The summed E-state index contributed by atoms with van der Waals surface area (Å²) in [6.45, 7) is 3.24. The standard InChI is InChI=1S/C9H8F2N2O4/c1-3-6(14)5(11)8(17-3)13-2-4(10)7(15)12-9(13)16/h2,5-6,8,14H,1H2,(H,12,15,16)/t5-,6+,8+/m0/s1. The number of halogens is 2. The van der Waals surface area contributed by atoms with E-state index >= 15 is 0 Å². The molecule has 1 aromatic heterocycles. The van der Waals surface area contributed by atoms with Crippen molar-refractivity contribution in [3.05, 3.63) is 45.2 Å². The number of hydrogen-bond acceptors (Lipinski definition) is 4. The number of nitrogens with zero attached hydrogens (tertiary/aromatic N) is 1. The maximum absolute atomic E-state index is 13.5. The van der Waals surface area contributed by atoms with Gasteiger partial charge in [-0.3, -0.25) is 14.3 Å².